The van der Waals surface area contributed by atoms with Gasteiger partial charge in [0.2, 0.25) is 5.95 Å². The predicted octanol–water partition coefficient (Wildman–Crippen LogP) is 1.85. The van der Waals surface area contributed by atoms with Gasteiger partial charge in [-0.3, -0.25) is 4.79 Å². The number of carbonyl (C=O) groups excluding carboxylic acids is 1. The molecule has 1 aliphatic heterocycles. The van der Waals surface area contributed by atoms with Crippen molar-refractivity contribution in [2.24, 2.45) is 0 Å². The Labute approximate surface area is 173 Å². The minimum Gasteiger partial charge on any atom is -0.383 e. The van der Waals surface area contributed by atoms with Gasteiger partial charge in [-0.1, -0.05) is 24.3 Å². The number of pyridine rings is 1. The monoisotopic (exact) mass is 407 g/mol. The molecule has 9 heteroatoms. The van der Waals surface area contributed by atoms with Crippen molar-refractivity contribution in [2.75, 3.05) is 41.7 Å². The molecule has 0 bridgehead atoms. The maximum absolute atomic E-state index is 13.7. The van der Waals surface area contributed by atoms with Crippen molar-refractivity contribution in [3.8, 4) is 0 Å². The van der Waals surface area contributed by atoms with Gasteiger partial charge in [0, 0.05) is 50.7 Å². The van der Waals surface area contributed by atoms with Gasteiger partial charge in [0.25, 0.3) is 5.91 Å². The van der Waals surface area contributed by atoms with E-state index in [0.29, 0.717) is 11.5 Å². The maximum atomic E-state index is 13.7. The molecule has 1 saturated heterocycles. The molecule has 0 atom stereocenters. The number of aromatic nitrogens is 3. The van der Waals surface area contributed by atoms with Crippen LogP contribution in [0.4, 0.5) is 22.0 Å². The van der Waals surface area contributed by atoms with E-state index in [4.69, 9.17) is 5.73 Å². The zero-order chi connectivity index (χ0) is 20.9. The number of hydrogen-bond acceptors (Lipinski definition) is 7. The number of nitrogens with zero attached hydrogens (tertiary/aromatic N) is 5. The van der Waals surface area contributed by atoms with Crippen molar-refractivity contribution >= 4 is 23.5 Å². The molecule has 2 aromatic heterocycles. The van der Waals surface area contributed by atoms with Crippen molar-refractivity contribution < 1.29 is 9.18 Å². The summed E-state index contributed by atoms with van der Waals surface area (Å²) in [6.45, 7) is 3.06. The Morgan fingerprint density at radius 3 is 2.47 bits per heavy atom. The summed E-state index contributed by atoms with van der Waals surface area (Å²) in [4.78, 5) is 29.7. The minimum absolute atomic E-state index is 0.0577. The second-order valence-electron chi connectivity index (χ2n) is 6.91. The average Bonchev–Trinajstić information content (AvgIpc) is 2.79. The van der Waals surface area contributed by atoms with Crippen LogP contribution in [0.2, 0.25) is 0 Å². The molecular weight excluding hydrogens is 385 g/mol. The van der Waals surface area contributed by atoms with Crippen LogP contribution in [0, 0.1) is 5.82 Å². The van der Waals surface area contributed by atoms with Crippen LogP contribution < -0.4 is 20.9 Å². The molecule has 3 aromatic rings. The molecule has 0 spiro atoms. The first-order valence-electron chi connectivity index (χ1n) is 9.67. The molecule has 0 saturated carbocycles. The molecule has 0 radical (unpaired) electrons. The van der Waals surface area contributed by atoms with Crippen molar-refractivity contribution in [1.82, 2.24) is 20.3 Å². The molecule has 0 aliphatic carbocycles. The fourth-order valence-corrected chi connectivity index (χ4v) is 3.30. The summed E-state index contributed by atoms with van der Waals surface area (Å²) in [5.74, 6) is 0.709. The fourth-order valence-electron chi connectivity index (χ4n) is 3.30. The van der Waals surface area contributed by atoms with Crippen molar-refractivity contribution in [2.45, 2.75) is 6.54 Å². The van der Waals surface area contributed by atoms with Crippen LogP contribution in [0.25, 0.3) is 0 Å². The van der Waals surface area contributed by atoms with Crippen molar-refractivity contribution in [3.63, 3.8) is 0 Å². The third kappa shape index (κ3) is 4.29. The summed E-state index contributed by atoms with van der Waals surface area (Å²) in [5.41, 5.74) is 6.58. The van der Waals surface area contributed by atoms with Crippen LogP contribution in [0.1, 0.15) is 15.9 Å². The Balaban J connectivity index is 1.37. The van der Waals surface area contributed by atoms with Crippen LogP contribution in [0.15, 0.2) is 54.9 Å². The largest absolute Gasteiger partial charge is 0.383 e. The Kier molecular flexibility index (Phi) is 5.69. The normalized spacial score (nSPS) is 13.9. The number of piperazine rings is 1. The molecular formula is C21H22FN7O. The summed E-state index contributed by atoms with van der Waals surface area (Å²) in [6, 6.07) is 12.1. The molecule has 0 unspecified atom stereocenters. The molecule has 8 nitrogen and oxygen atoms in total. The highest BCUT2D eigenvalue weighted by Crippen LogP contribution is 2.18. The highest BCUT2D eigenvalue weighted by molar-refractivity contribution is 5.98. The molecule has 1 fully saturated rings. The number of nitrogens with one attached hydrogen (secondary N) is 1. The van der Waals surface area contributed by atoms with Crippen LogP contribution in [-0.4, -0.2) is 47.0 Å². The quantitative estimate of drug-likeness (QED) is 0.666. The Hall–Kier alpha value is -3.75. The van der Waals surface area contributed by atoms with Crippen LogP contribution in [0.5, 0.6) is 0 Å². The lowest BCUT2D eigenvalue weighted by atomic mass is 10.2. The summed E-state index contributed by atoms with van der Waals surface area (Å²) in [6.07, 6.45) is 3.20. The lowest BCUT2D eigenvalue weighted by molar-refractivity contribution is 0.0951. The van der Waals surface area contributed by atoms with Crippen LogP contribution >= 0.6 is 0 Å². The molecule has 3 heterocycles. The Morgan fingerprint density at radius 1 is 1.03 bits per heavy atom. The summed E-state index contributed by atoms with van der Waals surface area (Å²) < 4.78 is 13.7. The Bertz CT molecular complexity index is 1020. The highest BCUT2D eigenvalue weighted by atomic mass is 19.1. The van der Waals surface area contributed by atoms with Gasteiger partial charge >= 0.3 is 0 Å². The van der Waals surface area contributed by atoms with E-state index in [9.17, 15) is 9.18 Å². The molecule has 3 N–H and O–H groups in total. The van der Waals surface area contributed by atoms with Crippen molar-refractivity contribution in [3.05, 3.63) is 71.8 Å². The van der Waals surface area contributed by atoms with E-state index >= 15 is 0 Å². The zero-order valence-electron chi connectivity index (χ0n) is 16.3. The SMILES string of the molecule is Nc1nc(N2CCN(c3ccccn3)CC2)ncc1C(=O)NCc1ccccc1F. The number of nitrogen functional groups attached to an aromatic ring is 1. The number of nitrogens with two attached hydrogens (primary N) is 1. The first-order chi connectivity index (χ1) is 14.6. The van der Waals surface area contributed by atoms with Gasteiger partial charge < -0.3 is 20.9 Å². The van der Waals surface area contributed by atoms with E-state index in [2.05, 4.69) is 25.2 Å². The third-order valence-electron chi connectivity index (χ3n) is 4.98. The molecule has 1 amide bonds. The lowest BCUT2D eigenvalue weighted by Gasteiger charge is -2.35. The molecule has 4 rings (SSSR count). The number of hydrogen-bond donors (Lipinski definition) is 2. The van der Waals surface area contributed by atoms with Gasteiger partial charge in [-0.05, 0) is 18.2 Å². The van der Waals surface area contributed by atoms with E-state index in [1.807, 2.05) is 23.1 Å². The lowest BCUT2D eigenvalue weighted by Crippen LogP contribution is -2.47. The summed E-state index contributed by atoms with van der Waals surface area (Å²) in [5, 5.41) is 2.65. The Morgan fingerprint density at radius 2 is 1.77 bits per heavy atom. The maximum Gasteiger partial charge on any atom is 0.256 e. The standard InChI is InChI=1S/C21H22FN7O/c22-17-6-2-1-5-15(17)13-25-20(30)16-14-26-21(27-19(16)23)29-11-9-28(10-12-29)18-7-3-4-8-24-18/h1-8,14H,9-13H2,(H,25,30)(H2,23,26,27). The van der Waals surface area contributed by atoms with E-state index < -0.39 is 5.91 Å². The third-order valence-corrected chi connectivity index (χ3v) is 4.98. The van der Waals surface area contributed by atoms with Gasteiger partial charge in [0.15, 0.2) is 0 Å². The predicted molar refractivity (Wildman–Crippen MR) is 113 cm³/mol. The number of rotatable bonds is 5. The fraction of sp³-hybridized carbons (Fsp3) is 0.238. The van der Waals surface area contributed by atoms with Gasteiger partial charge in [-0.2, -0.15) is 4.98 Å². The van der Waals surface area contributed by atoms with Crippen LogP contribution in [-0.2, 0) is 6.54 Å². The van der Waals surface area contributed by atoms with E-state index in [1.54, 1.807) is 24.4 Å². The van der Waals surface area contributed by atoms with Crippen molar-refractivity contribution in [1.29, 1.82) is 0 Å². The first kappa shape index (κ1) is 19.6. The number of halogens is 1. The second-order valence-corrected chi connectivity index (χ2v) is 6.91. The second kappa shape index (κ2) is 8.73. The molecule has 1 aliphatic rings. The number of amides is 1. The number of benzene rings is 1. The number of anilines is 3. The molecule has 1 aromatic carbocycles. The summed E-state index contributed by atoms with van der Waals surface area (Å²) >= 11 is 0. The first-order valence-corrected chi connectivity index (χ1v) is 9.67. The van der Waals surface area contributed by atoms with Crippen LogP contribution in [0.3, 0.4) is 0 Å². The smallest absolute Gasteiger partial charge is 0.256 e. The molecule has 154 valence electrons. The topological polar surface area (TPSA) is 100 Å². The molecule has 30 heavy (non-hydrogen) atoms. The minimum atomic E-state index is -0.442. The average molecular weight is 407 g/mol. The highest BCUT2D eigenvalue weighted by Gasteiger charge is 2.21. The number of carbonyl (C=O) groups is 1. The van der Waals surface area contributed by atoms with E-state index in [-0.39, 0.29) is 23.7 Å². The van der Waals surface area contributed by atoms with Gasteiger partial charge in [-0.15, -0.1) is 0 Å². The van der Waals surface area contributed by atoms with Gasteiger partial charge in [0.1, 0.15) is 17.5 Å². The van der Waals surface area contributed by atoms with Gasteiger partial charge in [0.05, 0.1) is 5.56 Å². The zero-order valence-corrected chi connectivity index (χ0v) is 16.3. The van der Waals surface area contributed by atoms with E-state index in [1.165, 1.54) is 12.3 Å². The summed E-state index contributed by atoms with van der Waals surface area (Å²) in [7, 11) is 0. The van der Waals surface area contributed by atoms with Gasteiger partial charge in [-0.25, -0.2) is 14.4 Å². The van der Waals surface area contributed by atoms with E-state index in [0.717, 1.165) is 32.0 Å².